The van der Waals surface area contributed by atoms with Gasteiger partial charge in [0.05, 0.1) is 0 Å². The number of benzene rings is 2. The van der Waals surface area contributed by atoms with E-state index in [9.17, 15) is 0 Å². The number of hydrogen-bond acceptors (Lipinski definition) is 3. The van der Waals surface area contributed by atoms with E-state index in [1.165, 1.54) is 10.8 Å². The summed E-state index contributed by atoms with van der Waals surface area (Å²) in [5, 5.41) is 12.4. The molecule has 2 aromatic carbocycles. The summed E-state index contributed by atoms with van der Waals surface area (Å²) < 4.78 is 0. The Morgan fingerprint density at radius 2 is 1.25 bits per heavy atom. The molecule has 0 amide bonds. The monoisotopic (exact) mass is 250 g/mol. The third kappa shape index (κ3) is 2.80. The first-order chi connectivity index (χ1) is 7.68. The quantitative estimate of drug-likeness (QED) is 0.822. The highest BCUT2D eigenvalue weighted by Crippen LogP contribution is 2.56. The minimum Gasteiger partial charge on any atom is -0.271 e. The highest BCUT2D eigenvalue weighted by molar-refractivity contribution is 8.92. The summed E-state index contributed by atoms with van der Waals surface area (Å²) in [6.07, 6.45) is 0. The summed E-state index contributed by atoms with van der Waals surface area (Å²) in [6.45, 7) is 0. The molecule has 0 aliphatic carbocycles. The molecular formula is C12H14N2S2. The molecule has 2 rings (SSSR count). The Bertz CT molecular complexity index is 443. The molecule has 0 heterocycles. The fraction of sp³-hybridized carbons (Fsp3) is 0. The molecule has 0 aliphatic rings. The van der Waals surface area contributed by atoms with Crippen molar-refractivity contribution >= 4 is 20.2 Å². The van der Waals surface area contributed by atoms with Gasteiger partial charge >= 0.3 is 0 Å². The smallest absolute Gasteiger partial charge is 0.0251 e. The van der Waals surface area contributed by atoms with Gasteiger partial charge in [0.2, 0.25) is 0 Å². The zero-order valence-corrected chi connectivity index (χ0v) is 10.4. The van der Waals surface area contributed by atoms with Gasteiger partial charge in [-0.15, -0.1) is 0 Å². The minimum atomic E-state index is -1.80. The maximum atomic E-state index is 6.19. The lowest BCUT2D eigenvalue weighted by molar-refractivity contribution is 1.42. The molecular weight excluding hydrogens is 236 g/mol. The normalized spacial score (nSPS) is 12.4. The van der Waals surface area contributed by atoms with Gasteiger partial charge in [-0.25, -0.2) is 0 Å². The molecule has 2 nitrogen and oxygen atoms in total. The molecule has 0 fully saturated rings. The lowest BCUT2D eigenvalue weighted by Crippen LogP contribution is -2.16. The fourth-order valence-corrected chi connectivity index (χ4v) is 4.49. The second-order valence-electron chi connectivity index (χ2n) is 3.36. The standard InChI is InChI=1S/C12H14N2S2/c13-16(14,12-9-5-2-6-10-12)15-11-7-3-1-4-8-11/h1-10H,13-14H2. The van der Waals surface area contributed by atoms with Crippen LogP contribution in [0.4, 0.5) is 0 Å². The van der Waals surface area contributed by atoms with Gasteiger partial charge in [-0.05, 0) is 35.1 Å². The Balaban J connectivity index is 2.21. The second-order valence-corrected chi connectivity index (χ2v) is 7.92. The van der Waals surface area contributed by atoms with Crippen LogP contribution >= 0.6 is 20.2 Å². The number of rotatable bonds is 3. The van der Waals surface area contributed by atoms with Crippen molar-refractivity contribution in [1.82, 2.24) is 0 Å². The summed E-state index contributed by atoms with van der Waals surface area (Å²) in [6, 6.07) is 19.8. The maximum Gasteiger partial charge on any atom is 0.0251 e. The van der Waals surface area contributed by atoms with Gasteiger partial charge in [-0.3, -0.25) is 10.3 Å². The van der Waals surface area contributed by atoms with E-state index in [2.05, 4.69) is 0 Å². The maximum absolute atomic E-state index is 6.19. The Labute approximate surface area is 101 Å². The van der Waals surface area contributed by atoms with Gasteiger partial charge in [0, 0.05) is 9.79 Å². The third-order valence-corrected chi connectivity index (χ3v) is 5.82. The molecule has 0 spiro atoms. The predicted molar refractivity (Wildman–Crippen MR) is 73.0 cm³/mol. The van der Waals surface area contributed by atoms with Gasteiger partial charge in [0.1, 0.15) is 0 Å². The van der Waals surface area contributed by atoms with E-state index in [0.717, 1.165) is 9.79 Å². The average molecular weight is 250 g/mol. The molecule has 4 heteroatoms. The topological polar surface area (TPSA) is 52.0 Å². The van der Waals surface area contributed by atoms with Gasteiger partial charge in [-0.1, -0.05) is 45.8 Å². The molecule has 16 heavy (non-hydrogen) atoms. The molecule has 0 saturated carbocycles. The van der Waals surface area contributed by atoms with Crippen molar-refractivity contribution < 1.29 is 0 Å². The molecule has 0 aliphatic heterocycles. The zero-order chi connectivity index (χ0) is 11.4. The first kappa shape index (κ1) is 11.5. The van der Waals surface area contributed by atoms with Crippen LogP contribution in [0, 0.1) is 0 Å². The van der Waals surface area contributed by atoms with E-state index in [1.54, 1.807) is 0 Å². The van der Waals surface area contributed by atoms with Crippen molar-refractivity contribution in [2.75, 3.05) is 0 Å². The SMILES string of the molecule is NS(N)(Sc1ccccc1)c1ccccc1. The van der Waals surface area contributed by atoms with Crippen molar-refractivity contribution in [1.29, 1.82) is 0 Å². The predicted octanol–water partition coefficient (Wildman–Crippen LogP) is 3.30. The van der Waals surface area contributed by atoms with Crippen molar-refractivity contribution in [3.63, 3.8) is 0 Å². The van der Waals surface area contributed by atoms with Crippen LogP contribution in [0.15, 0.2) is 70.5 Å². The second kappa shape index (κ2) is 4.93. The van der Waals surface area contributed by atoms with Crippen LogP contribution in [0.1, 0.15) is 0 Å². The number of nitrogens with two attached hydrogens (primary N) is 2. The van der Waals surface area contributed by atoms with Gasteiger partial charge < -0.3 is 0 Å². The van der Waals surface area contributed by atoms with Crippen LogP contribution in [0.2, 0.25) is 0 Å². The van der Waals surface area contributed by atoms with Crippen LogP contribution < -0.4 is 10.3 Å². The van der Waals surface area contributed by atoms with Crippen LogP contribution in [0.25, 0.3) is 0 Å². The van der Waals surface area contributed by atoms with E-state index in [0.29, 0.717) is 0 Å². The van der Waals surface area contributed by atoms with Crippen LogP contribution in [-0.2, 0) is 0 Å². The Morgan fingerprint density at radius 3 is 1.81 bits per heavy atom. The van der Waals surface area contributed by atoms with E-state index in [4.69, 9.17) is 10.3 Å². The van der Waals surface area contributed by atoms with Gasteiger partial charge in [0.15, 0.2) is 0 Å². The Hall–Kier alpha value is -0.940. The molecule has 0 atom stereocenters. The Morgan fingerprint density at radius 1 is 0.750 bits per heavy atom. The summed E-state index contributed by atoms with van der Waals surface area (Å²) in [5.74, 6) is 0. The molecule has 0 aromatic heterocycles. The molecule has 4 N–H and O–H groups in total. The molecule has 0 bridgehead atoms. The molecule has 0 radical (unpaired) electrons. The molecule has 0 unspecified atom stereocenters. The third-order valence-electron chi connectivity index (χ3n) is 2.09. The first-order valence-electron chi connectivity index (χ1n) is 4.87. The van der Waals surface area contributed by atoms with E-state index >= 15 is 0 Å². The van der Waals surface area contributed by atoms with E-state index in [1.807, 2.05) is 60.7 Å². The zero-order valence-electron chi connectivity index (χ0n) is 8.74. The van der Waals surface area contributed by atoms with Crippen LogP contribution in [0.3, 0.4) is 0 Å². The highest BCUT2D eigenvalue weighted by atomic mass is 33.2. The van der Waals surface area contributed by atoms with Crippen molar-refractivity contribution in [2.24, 2.45) is 10.3 Å². The van der Waals surface area contributed by atoms with Crippen LogP contribution in [0.5, 0.6) is 0 Å². The van der Waals surface area contributed by atoms with Gasteiger partial charge in [-0.2, -0.15) is 0 Å². The molecule has 84 valence electrons. The van der Waals surface area contributed by atoms with Crippen molar-refractivity contribution in [3.05, 3.63) is 60.7 Å². The first-order valence-corrected chi connectivity index (χ1v) is 7.96. The van der Waals surface area contributed by atoms with Crippen LogP contribution in [-0.4, -0.2) is 0 Å². The molecule has 2 aromatic rings. The number of hydrogen-bond donors (Lipinski definition) is 2. The van der Waals surface area contributed by atoms with Gasteiger partial charge in [0.25, 0.3) is 0 Å². The van der Waals surface area contributed by atoms with Crippen molar-refractivity contribution in [3.8, 4) is 0 Å². The van der Waals surface area contributed by atoms with Crippen molar-refractivity contribution in [2.45, 2.75) is 9.79 Å². The average Bonchev–Trinajstić information content (AvgIpc) is 2.31. The lowest BCUT2D eigenvalue weighted by atomic mass is 10.4. The fourth-order valence-electron chi connectivity index (χ4n) is 1.32. The highest BCUT2D eigenvalue weighted by Gasteiger charge is 2.17. The minimum absolute atomic E-state index is 1.00. The summed E-state index contributed by atoms with van der Waals surface area (Å²) in [5.41, 5.74) is 0. The molecule has 0 saturated heterocycles. The summed E-state index contributed by atoms with van der Waals surface area (Å²) >= 11 is 0. The Kier molecular flexibility index (Phi) is 3.56. The summed E-state index contributed by atoms with van der Waals surface area (Å²) in [4.78, 5) is 2.11. The largest absolute Gasteiger partial charge is 0.271 e. The van der Waals surface area contributed by atoms with E-state index in [-0.39, 0.29) is 0 Å². The van der Waals surface area contributed by atoms with E-state index < -0.39 is 9.43 Å². The summed E-state index contributed by atoms with van der Waals surface area (Å²) in [7, 11) is -0.259. The lowest BCUT2D eigenvalue weighted by Gasteiger charge is -2.29.